The van der Waals surface area contributed by atoms with Gasteiger partial charge < -0.3 is 5.32 Å². The fourth-order valence-corrected chi connectivity index (χ4v) is 2.79. The van der Waals surface area contributed by atoms with Gasteiger partial charge in [-0.1, -0.05) is 0 Å². The van der Waals surface area contributed by atoms with Gasteiger partial charge >= 0.3 is 5.69 Å². The molecule has 100 valence electrons. The Labute approximate surface area is 122 Å². The van der Waals surface area contributed by atoms with E-state index >= 15 is 0 Å². The van der Waals surface area contributed by atoms with Crippen LogP contribution < -0.4 is 5.32 Å². The number of rotatable bonds is 5. The van der Waals surface area contributed by atoms with Crippen LogP contribution in [0.1, 0.15) is 10.7 Å². The van der Waals surface area contributed by atoms with Crippen LogP contribution in [0, 0.1) is 17.0 Å². The molecule has 2 heterocycles. The Kier molecular flexibility index (Phi) is 4.43. The zero-order valence-corrected chi connectivity index (χ0v) is 12.5. The zero-order chi connectivity index (χ0) is 13.8. The van der Waals surface area contributed by atoms with Crippen molar-refractivity contribution in [2.24, 2.45) is 0 Å². The number of anilines is 1. The van der Waals surface area contributed by atoms with Gasteiger partial charge in [0.15, 0.2) is 0 Å². The molecule has 0 aromatic carbocycles. The third-order valence-electron chi connectivity index (χ3n) is 2.38. The Bertz CT molecular complexity index is 602. The summed E-state index contributed by atoms with van der Waals surface area (Å²) >= 11 is 4.85. The summed E-state index contributed by atoms with van der Waals surface area (Å²) in [4.78, 5) is 18.6. The number of hydrogen-bond acceptors (Lipinski definition) is 6. The average Bonchev–Trinajstić information content (AvgIpc) is 2.77. The third-order valence-corrected chi connectivity index (χ3v) is 4.01. The highest BCUT2D eigenvalue weighted by Crippen LogP contribution is 2.30. The predicted octanol–water partition coefficient (Wildman–Crippen LogP) is 3.17. The first-order valence-corrected chi connectivity index (χ1v) is 7.18. The molecular formula is C11H11BrN4O2S. The molecule has 0 saturated carbocycles. The van der Waals surface area contributed by atoms with Crippen LogP contribution in [0.2, 0.25) is 0 Å². The highest BCUT2D eigenvalue weighted by atomic mass is 79.9. The van der Waals surface area contributed by atoms with E-state index in [1.54, 1.807) is 11.3 Å². The van der Waals surface area contributed by atoms with Gasteiger partial charge in [0.05, 0.1) is 14.4 Å². The maximum atomic E-state index is 10.9. The van der Waals surface area contributed by atoms with Gasteiger partial charge in [0.25, 0.3) is 0 Å². The van der Waals surface area contributed by atoms with Crippen molar-refractivity contribution in [2.45, 2.75) is 13.3 Å². The molecule has 0 bridgehead atoms. The molecule has 0 radical (unpaired) electrons. The Morgan fingerprint density at radius 1 is 1.53 bits per heavy atom. The van der Waals surface area contributed by atoms with Crippen LogP contribution in [0.5, 0.6) is 0 Å². The molecule has 0 aliphatic rings. The maximum Gasteiger partial charge on any atom is 0.311 e. The molecule has 19 heavy (non-hydrogen) atoms. The van der Waals surface area contributed by atoms with E-state index in [1.807, 2.05) is 12.3 Å². The Morgan fingerprint density at radius 2 is 2.32 bits per heavy atom. The van der Waals surface area contributed by atoms with Gasteiger partial charge in [-0.15, -0.1) is 11.3 Å². The largest absolute Gasteiger partial charge is 0.378 e. The van der Waals surface area contributed by atoms with E-state index in [9.17, 15) is 10.1 Å². The molecule has 0 spiro atoms. The molecule has 2 aromatic heterocycles. The first-order valence-electron chi connectivity index (χ1n) is 5.50. The molecule has 6 nitrogen and oxygen atoms in total. The van der Waals surface area contributed by atoms with Gasteiger partial charge in [-0.05, 0) is 22.9 Å². The summed E-state index contributed by atoms with van der Waals surface area (Å²) in [5.74, 6) is 0. The fraction of sp³-hybridized carbons (Fsp3) is 0.273. The van der Waals surface area contributed by atoms with Crippen LogP contribution in [0.4, 0.5) is 11.4 Å². The lowest BCUT2D eigenvalue weighted by Crippen LogP contribution is -2.07. The van der Waals surface area contributed by atoms with Gasteiger partial charge in [0.1, 0.15) is 11.9 Å². The minimum Gasteiger partial charge on any atom is -0.378 e. The van der Waals surface area contributed by atoms with Crippen molar-refractivity contribution in [2.75, 3.05) is 11.9 Å². The molecule has 0 aliphatic carbocycles. The summed E-state index contributed by atoms with van der Waals surface area (Å²) in [6.07, 6.45) is 3.49. The van der Waals surface area contributed by atoms with Crippen LogP contribution in [0.3, 0.4) is 0 Å². The summed E-state index contributed by atoms with van der Waals surface area (Å²) in [7, 11) is 0. The monoisotopic (exact) mass is 342 g/mol. The number of nitrogens with one attached hydrogen (secondary N) is 1. The molecule has 0 atom stereocenters. The molecule has 0 amide bonds. The van der Waals surface area contributed by atoms with Crippen molar-refractivity contribution in [3.63, 3.8) is 0 Å². The molecule has 0 unspecified atom stereocenters. The first kappa shape index (κ1) is 13.9. The maximum absolute atomic E-state index is 10.9. The van der Waals surface area contributed by atoms with E-state index in [1.165, 1.54) is 12.4 Å². The SMILES string of the molecule is Cc1csc(CCNc2c(Br)cncc2[N+](=O)[O-])n1. The zero-order valence-electron chi connectivity index (χ0n) is 10.1. The molecule has 0 saturated heterocycles. The normalized spacial score (nSPS) is 10.4. The van der Waals surface area contributed by atoms with E-state index in [2.05, 4.69) is 31.2 Å². The summed E-state index contributed by atoms with van der Waals surface area (Å²) < 4.78 is 0.581. The van der Waals surface area contributed by atoms with Crippen LogP contribution in [-0.4, -0.2) is 21.4 Å². The van der Waals surface area contributed by atoms with Crippen molar-refractivity contribution >= 4 is 38.6 Å². The smallest absolute Gasteiger partial charge is 0.311 e. The standard InChI is InChI=1S/C11H11BrN4O2S/c1-7-6-19-10(15-7)2-3-14-11-8(12)4-13-5-9(11)16(17)18/h4-6H,2-3H2,1H3,(H,13,14). The summed E-state index contributed by atoms with van der Waals surface area (Å²) in [6, 6.07) is 0. The summed E-state index contributed by atoms with van der Waals surface area (Å²) in [5.41, 5.74) is 1.41. The minimum absolute atomic E-state index is 0.0373. The number of pyridine rings is 1. The number of aryl methyl sites for hydroxylation is 1. The fourth-order valence-electron chi connectivity index (χ4n) is 1.55. The number of nitro groups is 1. The number of halogens is 1. The van der Waals surface area contributed by atoms with Gasteiger partial charge in [-0.2, -0.15) is 0 Å². The van der Waals surface area contributed by atoms with E-state index in [-0.39, 0.29) is 5.69 Å². The summed E-state index contributed by atoms with van der Waals surface area (Å²) in [6.45, 7) is 2.52. The van der Waals surface area contributed by atoms with E-state index in [4.69, 9.17) is 0 Å². The van der Waals surface area contributed by atoms with Crippen molar-refractivity contribution in [3.8, 4) is 0 Å². The average molecular weight is 343 g/mol. The Balaban J connectivity index is 2.05. The lowest BCUT2D eigenvalue weighted by atomic mass is 10.3. The number of aromatic nitrogens is 2. The van der Waals surface area contributed by atoms with Crippen LogP contribution in [0.25, 0.3) is 0 Å². The van der Waals surface area contributed by atoms with Crippen LogP contribution in [-0.2, 0) is 6.42 Å². The second-order valence-electron chi connectivity index (χ2n) is 3.83. The van der Waals surface area contributed by atoms with Crippen molar-refractivity contribution in [1.29, 1.82) is 0 Å². The Hall–Kier alpha value is -1.54. The molecule has 1 N–H and O–H groups in total. The van der Waals surface area contributed by atoms with Crippen molar-refractivity contribution in [1.82, 2.24) is 9.97 Å². The quantitative estimate of drug-likeness (QED) is 0.666. The lowest BCUT2D eigenvalue weighted by Gasteiger charge is -2.07. The topological polar surface area (TPSA) is 81.0 Å². The second kappa shape index (κ2) is 6.07. The van der Waals surface area contributed by atoms with Gasteiger partial charge in [-0.3, -0.25) is 15.1 Å². The molecule has 0 aliphatic heterocycles. The van der Waals surface area contributed by atoms with E-state index in [0.717, 1.165) is 17.1 Å². The molecule has 2 rings (SSSR count). The van der Waals surface area contributed by atoms with Gasteiger partial charge in [0.2, 0.25) is 0 Å². The minimum atomic E-state index is -0.451. The Morgan fingerprint density at radius 3 is 2.95 bits per heavy atom. The predicted molar refractivity (Wildman–Crippen MR) is 77.6 cm³/mol. The molecular weight excluding hydrogens is 332 g/mol. The van der Waals surface area contributed by atoms with Crippen molar-refractivity contribution in [3.05, 3.63) is 43.1 Å². The highest BCUT2D eigenvalue weighted by Gasteiger charge is 2.16. The van der Waals surface area contributed by atoms with Gasteiger partial charge in [-0.25, -0.2) is 4.98 Å². The number of hydrogen-bond donors (Lipinski definition) is 1. The lowest BCUT2D eigenvalue weighted by molar-refractivity contribution is -0.384. The number of thiazole rings is 1. The van der Waals surface area contributed by atoms with Crippen LogP contribution >= 0.6 is 27.3 Å². The number of nitrogens with zero attached hydrogens (tertiary/aromatic N) is 3. The first-order chi connectivity index (χ1) is 9.08. The van der Waals surface area contributed by atoms with E-state index < -0.39 is 4.92 Å². The molecule has 0 fully saturated rings. The van der Waals surface area contributed by atoms with Gasteiger partial charge in [0, 0.05) is 30.2 Å². The third kappa shape index (κ3) is 3.48. The van der Waals surface area contributed by atoms with Crippen molar-refractivity contribution < 1.29 is 4.92 Å². The van der Waals surface area contributed by atoms with E-state index in [0.29, 0.717) is 16.7 Å². The van der Waals surface area contributed by atoms with Crippen LogP contribution in [0.15, 0.2) is 22.2 Å². The second-order valence-corrected chi connectivity index (χ2v) is 5.63. The molecule has 8 heteroatoms. The summed E-state index contributed by atoms with van der Waals surface area (Å²) in [5, 5.41) is 17.0. The molecule has 2 aromatic rings. The highest BCUT2D eigenvalue weighted by molar-refractivity contribution is 9.10.